The van der Waals surface area contributed by atoms with Gasteiger partial charge >= 0.3 is 0 Å². The van der Waals surface area contributed by atoms with E-state index in [0.717, 1.165) is 27.9 Å². The number of rotatable bonds is 5. The van der Waals surface area contributed by atoms with Gasteiger partial charge in [0.15, 0.2) is 0 Å². The Balaban J connectivity index is 2.00. The molecule has 3 rings (SSSR count). The topological polar surface area (TPSA) is 21.1 Å². The van der Waals surface area contributed by atoms with Gasteiger partial charge in [0.2, 0.25) is 0 Å². The standard InChI is InChI=1S/C19H24ClN3S/c1-5-14(4)23-12-16(15-8-10-22(11-9-15)13(2)3)19(21-23)17-6-7-18(20)24-17/h6-10,12-14H,5,11H2,1-4H3. The predicted molar refractivity (Wildman–Crippen MR) is 105 cm³/mol. The minimum Gasteiger partial charge on any atom is -0.371 e. The minimum atomic E-state index is 0.383. The average Bonchev–Trinajstić information content (AvgIpc) is 3.20. The first-order valence-corrected chi connectivity index (χ1v) is 9.68. The van der Waals surface area contributed by atoms with Crippen molar-refractivity contribution in [2.24, 2.45) is 0 Å². The van der Waals surface area contributed by atoms with E-state index in [0.29, 0.717) is 12.1 Å². The molecule has 0 saturated heterocycles. The lowest BCUT2D eigenvalue weighted by Gasteiger charge is -2.26. The number of thiophene rings is 1. The van der Waals surface area contributed by atoms with Crippen molar-refractivity contribution in [1.82, 2.24) is 14.7 Å². The summed E-state index contributed by atoms with van der Waals surface area (Å²) in [6.07, 6.45) is 9.91. The molecule has 0 spiro atoms. The van der Waals surface area contributed by atoms with Gasteiger partial charge in [0.1, 0.15) is 5.69 Å². The van der Waals surface area contributed by atoms with E-state index in [-0.39, 0.29) is 0 Å². The molecule has 0 aliphatic carbocycles. The summed E-state index contributed by atoms with van der Waals surface area (Å²) in [6.45, 7) is 9.75. The number of hydrogen-bond donors (Lipinski definition) is 0. The second-order valence-electron chi connectivity index (χ2n) is 6.50. The molecule has 3 nitrogen and oxygen atoms in total. The van der Waals surface area contributed by atoms with Crippen molar-refractivity contribution in [3.63, 3.8) is 0 Å². The molecule has 128 valence electrons. The molecule has 0 radical (unpaired) electrons. The van der Waals surface area contributed by atoms with E-state index in [1.807, 2.05) is 6.07 Å². The molecule has 2 aromatic heterocycles. The van der Waals surface area contributed by atoms with E-state index in [9.17, 15) is 0 Å². The second kappa shape index (κ2) is 7.16. The summed E-state index contributed by atoms with van der Waals surface area (Å²) < 4.78 is 2.88. The van der Waals surface area contributed by atoms with Gasteiger partial charge in [-0.1, -0.05) is 24.6 Å². The maximum Gasteiger partial charge on any atom is 0.110 e. The first-order chi connectivity index (χ1) is 11.5. The van der Waals surface area contributed by atoms with Gasteiger partial charge in [-0.2, -0.15) is 5.10 Å². The Morgan fingerprint density at radius 2 is 2.08 bits per heavy atom. The highest BCUT2D eigenvalue weighted by Gasteiger charge is 2.19. The molecule has 1 aliphatic heterocycles. The van der Waals surface area contributed by atoms with Crippen molar-refractivity contribution >= 4 is 28.5 Å². The van der Waals surface area contributed by atoms with Gasteiger partial charge in [-0.3, -0.25) is 4.68 Å². The summed E-state index contributed by atoms with van der Waals surface area (Å²) in [7, 11) is 0. The Kier molecular flexibility index (Phi) is 5.16. The fourth-order valence-corrected chi connectivity index (χ4v) is 3.77. The van der Waals surface area contributed by atoms with E-state index >= 15 is 0 Å². The van der Waals surface area contributed by atoms with E-state index in [4.69, 9.17) is 16.7 Å². The maximum atomic E-state index is 6.15. The summed E-state index contributed by atoms with van der Waals surface area (Å²) in [5.41, 5.74) is 3.45. The van der Waals surface area contributed by atoms with Crippen molar-refractivity contribution in [3.05, 3.63) is 46.6 Å². The van der Waals surface area contributed by atoms with Crippen LogP contribution in [0, 0.1) is 0 Å². The minimum absolute atomic E-state index is 0.383. The quantitative estimate of drug-likeness (QED) is 0.665. The second-order valence-corrected chi connectivity index (χ2v) is 8.21. The van der Waals surface area contributed by atoms with Crippen LogP contribution in [0.25, 0.3) is 16.1 Å². The van der Waals surface area contributed by atoms with Crippen molar-refractivity contribution in [2.45, 2.75) is 46.2 Å². The van der Waals surface area contributed by atoms with Crippen LogP contribution in [0.5, 0.6) is 0 Å². The van der Waals surface area contributed by atoms with Gasteiger partial charge in [-0.15, -0.1) is 11.3 Å². The number of aromatic nitrogens is 2. The van der Waals surface area contributed by atoms with Crippen LogP contribution in [0.1, 0.15) is 45.7 Å². The summed E-state index contributed by atoms with van der Waals surface area (Å²) in [5, 5.41) is 4.87. The summed E-state index contributed by atoms with van der Waals surface area (Å²) in [6, 6.07) is 4.90. The Bertz CT molecular complexity index is 769. The third-order valence-electron chi connectivity index (χ3n) is 4.52. The highest BCUT2D eigenvalue weighted by atomic mass is 35.5. The Morgan fingerprint density at radius 3 is 2.62 bits per heavy atom. The number of halogens is 1. The SMILES string of the molecule is CCC(C)n1cc(C2=CCN(C(C)C)C=C2)c(-c2ccc(Cl)s2)n1. The first kappa shape index (κ1) is 17.3. The van der Waals surface area contributed by atoms with E-state index < -0.39 is 0 Å². The molecule has 2 aromatic rings. The Labute approximate surface area is 153 Å². The molecular formula is C19H24ClN3S. The third-order valence-corrected chi connectivity index (χ3v) is 5.76. The summed E-state index contributed by atoms with van der Waals surface area (Å²) >= 11 is 7.73. The average molecular weight is 362 g/mol. The van der Waals surface area contributed by atoms with E-state index in [1.54, 1.807) is 11.3 Å². The van der Waals surface area contributed by atoms with Crippen molar-refractivity contribution in [2.75, 3.05) is 6.54 Å². The molecule has 0 bridgehead atoms. The normalized spacial score (nSPS) is 15.9. The van der Waals surface area contributed by atoms with Gasteiger partial charge in [0.25, 0.3) is 0 Å². The van der Waals surface area contributed by atoms with Crippen LogP contribution in [0.3, 0.4) is 0 Å². The lowest BCUT2D eigenvalue weighted by Crippen LogP contribution is -2.26. The Morgan fingerprint density at radius 1 is 1.29 bits per heavy atom. The molecule has 0 fully saturated rings. The lowest BCUT2D eigenvalue weighted by molar-refractivity contribution is 0.340. The van der Waals surface area contributed by atoms with Crippen molar-refractivity contribution < 1.29 is 0 Å². The van der Waals surface area contributed by atoms with Gasteiger partial charge in [0.05, 0.1) is 9.21 Å². The fraction of sp³-hybridized carbons (Fsp3) is 0.421. The van der Waals surface area contributed by atoms with Crippen LogP contribution < -0.4 is 0 Å². The zero-order valence-electron chi connectivity index (χ0n) is 14.7. The van der Waals surface area contributed by atoms with Gasteiger partial charge in [0, 0.05) is 36.6 Å². The number of hydrogen-bond acceptors (Lipinski definition) is 3. The zero-order chi connectivity index (χ0) is 17.3. The molecule has 0 aromatic carbocycles. The van der Waals surface area contributed by atoms with Crippen LogP contribution in [0.15, 0.2) is 36.7 Å². The fourth-order valence-electron chi connectivity index (χ4n) is 2.73. The molecular weight excluding hydrogens is 338 g/mol. The number of nitrogens with zero attached hydrogens (tertiary/aromatic N) is 3. The highest BCUT2D eigenvalue weighted by molar-refractivity contribution is 7.19. The largest absolute Gasteiger partial charge is 0.371 e. The molecule has 1 atom stereocenters. The molecule has 0 amide bonds. The lowest BCUT2D eigenvalue weighted by atomic mass is 10.0. The highest BCUT2D eigenvalue weighted by Crippen LogP contribution is 2.36. The van der Waals surface area contributed by atoms with Crippen LogP contribution in [-0.2, 0) is 0 Å². The molecule has 5 heteroatoms. The van der Waals surface area contributed by atoms with Gasteiger partial charge in [-0.05, 0) is 51.0 Å². The van der Waals surface area contributed by atoms with Crippen molar-refractivity contribution in [3.8, 4) is 10.6 Å². The van der Waals surface area contributed by atoms with E-state index in [1.165, 1.54) is 11.1 Å². The van der Waals surface area contributed by atoms with Crippen LogP contribution in [0.2, 0.25) is 4.34 Å². The van der Waals surface area contributed by atoms with Crippen LogP contribution in [0.4, 0.5) is 0 Å². The summed E-state index contributed by atoms with van der Waals surface area (Å²) in [5.74, 6) is 0. The molecule has 1 aliphatic rings. The maximum absolute atomic E-state index is 6.15. The molecule has 24 heavy (non-hydrogen) atoms. The third kappa shape index (κ3) is 3.45. The van der Waals surface area contributed by atoms with Crippen LogP contribution >= 0.6 is 22.9 Å². The Hall–Kier alpha value is -1.52. The molecule has 1 unspecified atom stereocenters. The molecule has 0 saturated carbocycles. The monoisotopic (exact) mass is 361 g/mol. The molecule has 3 heterocycles. The smallest absolute Gasteiger partial charge is 0.110 e. The number of allylic oxidation sites excluding steroid dienone is 2. The predicted octanol–water partition coefficient (Wildman–Crippen LogP) is 5.86. The zero-order valence-corrected chi connectivity index (χ0v) is 16.2. The van der Waals surface area contributed by atoms with Crippen LogP contribution in [-0.4, -0.2) is 27.3 Å². The van der Waals surface area contributed by atoms with Crippen molar-refractivity contribution in [1.29, 1.82) is 0 Å². The van der Waals surface area contributed by atoms with Gasteiger partial charge < -0.3 is 4.90 Å². The molecule has 0 N–H and O–H groups in total. The van der Waals surface area contributed by atoms with Gasteiger partial charge in [-0.25, -0.2) is 0 Å². The summed E-state index contributed by atoms with van der Waals surface area (Å²) in [4.78, 5) is 3.45. The first-order valence-electron chi connectivity index (χ1n) is 8.49. The van der Waals surface area contributed by atoms with E-state index in [2.05, 4.69) is 67.9 Å².